The third-order valence-corrected chi connectivity index (χ3v) is 4.37. The van der Waals surface area contributed by atoms with Crippen LogP contribution in [0.25, 0.3) is 0 Å². The highest BCUT2D eigenvalue weighted by Crippen LogP contribution is 2.42. The molecule has 24 heavy (non-hydrogen) atoms. The van der Waals surface area contributed by atoms with E-state index in [1.807, 2.05) is 13.8 Å². The highest BCUT2D eigenvalue weighted by molar-refractivity contribution is 7.52. The average Bonchev–Trinajstić information content (AvgIpc) is 2.87. The van der Waals surface area contributed by atoms with Crippen molar-refractivity contribution in [3.8, 4) is 0 Å². The van der Waals surface area contributed by atoms with Crippen molar-refractivity contribution in [2.45, 2.75) is 45.0 Å². The summed E-state index contributed by atoms with van der Waals surface area (Å²) in [6.45, 7) is 3.64. The Morgan fingerprint density at radius 2 is 2.21 bits per heavy atom. The zero-order valence-electron chi connectivity index (χ0n) is 13.6. The molecule has 4 atom stereocenters. The minimum absolute atomic E-state index is 0.140. The average molecular weight is 364 g/mol. The molecule has 1 fully saturated rings. The molecule has 0 aromatic carbocycles. The number of ether oxygens (including phenoxy) is 3. The van der Waals surface area contributed by atoms with E-state index in [-0.39, 0.29) is 12.5 Å². The molecule has 0 radical (unpaired) electrons. The summed E-state index contributed by atoms with van der Waals surface area (Å²) in [5.41, 5.74) is -1.14. The molecule has 0 saturated carbocycles. The summed E-state index contributed by atoms with van der Waals surface area (Å²) in [4.78, 5) is 34.6. The highest BCUT2D eigenvalue weighted by atomic mass is 31.2. The molecule has 2 N–H and O–H groups in total. The van der Waals surface area contributed by atoms with E-state index in [1.54, 1.807) is 0 Å². The van der Waals surface area contributed by atoms with Crippen LogP contribution >= 0.6 is 7.60 Å². The second-order valence-electron chi connectivity index (χ2n) is 5.55. The minimum Gasteiger partial charge on any atom is -0.370 e. The predicted octanol–water partition coefficient (Wildman–Crippen LogP) is 0.381. The van der Waals surface area contributed by atoms with Gasteiger partial charge in [-0.05, 0) is 13.8 Å². The molecule has 136 valence electrons. The van der Waals surface area contributed by atoms with Crippen molar-refractivity contribution in [1.29, 1.82) is 0 Å². The fraction of sp³-hybridized carbons (Fsp3) is 0.692. The number of aromatic amines is 1. The van der Waals surface area contributed by atoms with Crippen molar-refractivity contribution in [3.63, 3.8) is 0 Å². The summed E-state index contributed by atoms with van der Waals surface area (Å²) in [5.74, 6) is 0. The quantitative estimate of drug-likeness (QED) is 0.665. The topological polar surface area (TPSA) is 129 Å². The standard InChI is InChI=1S/C13H21N2O8P/c1-8(2)22-9-6-11(15-5-4-10(16)14-13(15)17)23-12(9)21-7-24(18,19)20-3/h4-5,8-9,11-12H,6-7H2,1-3H3,(H,18,19)(H,14,16,17)/t9-,11+,12-/m0/s1. The zero-order chi connectivity index (χ0) is 17.9. The van der Waals surface area contributed by atoms with Crippen LogP contribution in [0, 0.1) is 0 Å². The normalized spacial score (nSPS) is 26.6. The van der Waals surface area contributed by atoms with Gasteiger partial charge >= 0.3 is 13.3 Å². The molecular formula is C13H21N2O8P. The fourth-order valence-electron chi connectivity index (χ4n) is 2.28. The maximum atomic E-state index is 11.9. The van der Waals surface area contributed by atoms with E-state index in [2.05, 4.69) is 9.51 Å². The van der Waals surface area contributed by atoms with Gasteiger partial charge in [0, 0.05) is 25.8 Å². The molecule has 0 amide bonds. The van der Waals surface area contributed by atoms with Crippen molar-refractivity contribution >= 4 is 7.60 Å². The van der Waals surface area contributed by atoms with Gasteiger partial charge in [-0.15, -0.1) is 0 Å². The molecule has 2 rings (SSSR count). The number of nitrogens with one attached hydrogen (secondary N) is 1. The Morgan fingerprint density at radius 1 is 1.50 bits per heavy atom. The lowest BCUT2D eigenvalue weighted by Crippen LogP contribution is -2.31. The summed E-state index contributed by atoms with van der Waals surface area (Å²) >= 11 is 0. The maximum Gasteiger partial charge on any atom is 0.353 e. The van der Waals surface area contributed by atoms with Gasteiger partial charge in [0.2, 0.25) is 0 Å². The summed E-state index contributed by atoms with van der Waals surface area (Å²) < 4.78 is 33.8. The lowest BCUT2D eigenvalue weighted by atomic mass is 10.2. The molecule has 0 aliphatic carbocycles. The number of rotatable bonds is 7. The highest BCUT2D eigenvalue weighted by Gasteiger charge is 2.40. The molecule has 0 spiro atoms. The molecule has 11 heteroatoms. The fourth-order valence-corrected chi connectivity index (χ4v) is 2.72. The molecule has 1 aromatic heterocycles. The SMILES string of the molecule is COP(=O)(O)CO[C@H]1O[C@@H](n2ccc(=O)[nH]c2=O)C[C@@H]1OC(C)C. The van der Waals surface area contributed by atoms with Crippen LogP contribution in [0.15, 0.2) is 21.9 Å². The summed E-state index contributed by atoms with van der Waals surface area (Å²) in [5, 5.41) is 0. The molecule has 1 unspecified atom stereocenters. The van der Waals surface area contributed by atoms with Gasteiger partial charge in [0.1, 0.15) is 12.3 Å². The zero-order valence-corrected chi connectivity index (χ0v) is 14.5. The van der Waals surface area contributed by atoms with Gasteiger partial charge in [-0.25, -0.2) is 4.79 Å². The van der Waals surface area contributed by atoms with Gasteiger partial charge in [0.25, 0.3) is 5.56 Å². The van der Waals surface area contributed by atoms with Crippen LogP contribution in [0.2, 0.25) is 0 Å². The van der Waals surface area contributed by atoms with Crippen molar-refractivity contribution in [3.05, 3.63) is 33.1 Å². The first kappa shape index (κ1) is 19.0. The van der Waals surface area contributed by atoms with E-state index in [1.165, 1.54) is 16.8 Å². The first-order valence-corrected chi connectivity index (χ1v) is 9.09. The van der Waals surface area contributed by atoms with E-state index in [0.717, 1.165) is 7.11 Å². The van der Waals surface area contributed by atoms with E-state index in [0.29, 0.717) is 0 Å². The molecule has 1 aliphatic rings. The second-order valence-corrected chi connectivity index (χ2v) is 7.45. The number of H-pyrrole nitrogens is 1. The van der Waals surface area contributed by atoms with Crippen molar-refractivity contribution < 1.29 is 28.2 Å². The van der Waals surface area contributed by atoms with Gasteiger partial charge < -0.3 is 23.6 Å². The monoisotopic (exact) mass is 364 g/mol. The third-order valence-electron chi connectivity index (χ3n) is 3.32. The minimum atomic E-state index is -3.87. The first-order valence-electron chi connectivity index (χ1n) is 7.33. The second kappa shape index (κ2) is 7.73. The van der Waals surface area contributed by atoms with E-state index in [4.69, 9.17) is 14.2 Å². The van der Waals surface area contributed by atoms with E-state index in [9.17, 15) is 19.0 Å². The number of aromatic nitrogens is 2. The Labute approximate surface area is 137 Å². The van der Waals surface area contributed by atoms with Gasteiger partial charge in [0.15, 0.2) is 12.6 Å². The van der Waals surface area contributed by atoms with Crippen LogP contribution in [0.4, 0.5) is 0 Å². The molecule has 1 aliphatic heterocycles. The molecular weight excluding hydrogens is 343 g/mol. The number of nitrogens with zero attached hydrogens (tertiary/aromatic N) is 1. The van der Waals surface area contributed by atoms with Gasteiger partial charge in [-0.3, -0.25) is 18.9 Å². The molecule has 1 saturated heterocycles. The van der Waals surface area contributed by atoms with Crippen molar-refractivity contribution in [2.24, 2.45) is 0 Å². The molecule has 10 nitrogen and oxygen atoms in total. The maximum absolute atomic E-state index is 11.9. The van der Waals surface area contributed by atoms with Crippen LogP contribution in [0.3, 0.4) is 0 Å². The largest absolute Gasteiger partial charge is 0.370 e. The van der Waals surface area contributed by atoms with Gasteiger partial charge in [-0.1, -0.05) is 0 Å². The first-order chi connectivity index (χ1) is 11.2. The van der Waals surface area contributed by atoms with Gasteiger partial charge in [0.05, 0.1) is 6.10 Å². The van der Waals surface area contributed by atoms with Crippen LogP contribution in [0.5, 0.6) is 0 Å². The van der Waals surface area contributed by atoms with Gasteiger partial charge in [-0.2, -0.15) is 0 Å². The Balaban J connectivity index is 2.15. The number of hydrogen-bond donors (Lipinski definition) is 2. The van der Waals surface area contributed by atoms with Crippen LogP contribution < -0.4 is 11.2 Å². The summed E-state index contributed by atoms with van der Waals surface area (Å²) in [7, 11) is -2.77. The molecule has 2 heterocycles. The lowest BCUT2D eigenvalue weighted by molar-refractivity contribution is -0.184. The Morgan fingerprint density at radius 3 is 2.79 bits per heavy atom. The predicted molar refractivity (Wildman–Crippen MR) is 82.6 cm³/mol. The molecule has 0 bridgehead atoms. The third kappa shape index (κ3) is 4.85. The van der Waals surface area contributed by atoms with Crippen LogP contribution in [-0.2, 0) is 23.3 Å². The number of hydrogen-bond acceptors (Lipinski definition) is 7. The summed E-state index contributed by atoms with van der Waals surface area (Å²) in [6.07, 6.45) is -1.36. The van der Waals surface area contributed by atoms with E-state index >= 15 is 0 Å². The van der Waals surface area contributed by atoms with Crippen molar-refractivity contribution in [2.75, 3.05) is 13.5 Å². The van der Waals surface area contributed by atoms with Crippen molar-refractivity contribution in [1.82, 2.24) is 9.55 Å². The Kier molecular flexibility index (Phi) is 6.13. The Hall–Kier alpha value is -1.29. The van der Waals surface area contributed by atoms with Crippen LogP contribution in [-0.4, -0.2) is 46.4 Å². The summed E-state index contributed by atoms with van der Waals surface area (Å²) in [6, 6.07) is 1.20. The molecule has 1 aromatic rings. The van der Waals surface area contributed by atoms with Crippen LogP contribution in [0.1, 0.15) is 26.5 Å². The lowest BCUT2D eigenvalue weighted by Gasteiger charge is -2.22. The smallest absolute Gasteiger partial charge is 0.353 e. The van der Waals surface area contributed by atoms with E-state index < -0.39 is 43.8 Å². The Bertz CT molecular complexity index is 714.